The summed E-state index contributed by atoms with van der Waals surface area (Å²) < 4.78 is 51.2. The van der Waals surface area contributed by atoms with Crippen LogP contribution in [-0.2, 0) is 25.7 Å². The fourth-order valence-corrected chi connectivity index (χ4v) is 3.37. The Morgan fingerprint density at radius 2 is 1.76 bits per heavy atom. The Balaban J connectivity index is 1.21. The number of aryl methyl sites for hydroxylation is 2. The third kappa shape index (κ3) is 6.84. The molecule has 0 fully saturated rings. The summed E-state index contributed by atoms with van der Waals surface area (Å²) in [6, 6.07) is 12.9. The van der Waals surface area contributed by atoms with Crippen LogP contribution < -0.4 is 4.74 Å². The van der Waals surface area contributed by atoms with Gasteiger partial charge in [0.25, 0.3) is 0 Å². The fourth-order valence-electron chi connectivity index (χ4n) is 3.37. The van der Waals surface area contributed by atoms with Gasteiger partial charge in [0.15, 0.2) is 0 Å². The van der Waals surface area contributed by atoms with Gasteiger partial charge >= 0.3 is 6.18 Å². The summed E-state index contributed by atoms with van der Waals surface area (Å²) >= 11 is 0. The normalized spacial score (nSPS) is 11.9. The van der Waals surface area contributed by atoms with E-state index in [9.17, 15) is 13.2 Å². The van der Waals surface area contributed by atoms with Crippen LogP contribution in [0.2, 0.25) is 0 Å². The second-order valence-electron chi connectivity index (χ2n) is 7.82. The maximum absolute atomic E-state index is 12.6. The number of rotatable bonds is 10. The Kier molecular flexibility index (Phi) is 7.47. The number of alkyl halides is 3. The van der Waals surface area contributed by atoms with Crippen LogP contribution in [0.3, 0.4) is 0 Å². The molecule has 0 aliphatic rings. The van der Waals surface area contributed by atoms with Gasteiger partial charge in [-0.15, -0.1) is 0 Å². The average Bonchev–Trinajstić information content (AvgIpc) is 3.52. The molecule has 0 aliphatic carbocycles. The molecule has 0 N–H and O–H groups in total. The number of imidazole rings is 1. The van der Waals surface area contributed by atoms with Gasteiger partial charge in [0.2, 0.25) is 5.89 Å². The van der Waals surface area contributed by atoms with Gasteiger partial charge in [-0.1, -0.05) is 24.3 Å². The van der Waals surface area contributed by atoms with E-state index in [1.807, 2.05) is 24.7 Å². The van der Waals surface area contributed by atoms with Crippen LogP contribution in [0.15, 0.2) is 77.9 Å². The maximum atomic E-state index is 12.6. The van der Waals surface area contributed by atoms with Crippen LogP contribution in [0.5, 0.6) is 5.75 Å². The van der Waals surface area contributed by atoms with Crippen LogP contribution in [0.25, 0.3) is 12.2 Å². The molecule has 5 nitrogen and oxygen atoms in total. The number of oxazole rings is 1. The molecule has 0 radical (unpaired) electrons. The SMILES string of the molecule is FC(F)(F)c1ccc(/C=C/c2nc(COc3ccc(CCCCn4ccnc4)cc3)co2)cc1. The second kappa shape index (κ2) is 10.9. The van der Waals surface area contributed by atoms with Crippen molar-refractivity contribution < 1.29 is 22.3 Å². The van der Waals surface area contributed by atoms with Crippen LogP contribution in [0.4, 0.5) is 13.2 Å². The fraction of sp³-hybridized carbons (Fsp3) is 0.231. The van der Waals surface area contributed by atoms with Crippen LogP contribution in [0, 0.1) is 0 Å². The molecule has 4 rings (SSSR count). The van der Waals surface area contributed by atoms with Crippen molar-refractivity contribution >= 4 is 12.2 Å². The van der Waals surface area contributed by atoms with Crippen molar-refractivity contribution in [3.8, 4) is 5.75 Å². The molecular formula is C26H24F3N3O2. The van der Waals surface area contributed by atoms with Crippen LogP contribution in [0.1, 0.15) is 41.1 Å². The molecule has 0 saturated heterocycles. The van der Waals surface area contributed by atoms with Gasteiger partial charge in [-0.05, 0) is 60.7 Å². The largest absolute Gasteiger partial charge is 0.487 e. The van der Waals surface area contributed by atoms with Crippen molar-refractivity contribution in [3.63, 3.8) is 0 Å². The first-order valence-electron chi connectivity index (χ1n) is 10.9. The minimum absolute atomic E-state index is 0.252. The number of halogens is 3. The van der Waals surface area contributed by atoms with E-state index in [0.29, 0.717) is 17.1 Å². The van der Waals surface area contributed by atoms with E-state index in [0.717, 1.165) is 43.7 Å². The van der Waals surface area contributed by atoms with Gasteiger partial charge in [-0.2, -0.15) is 13.2 Å². The van der Waals surface area contributed by atoms with Gasteiger partial charge in [0.1, 0.15) is 24.3 Å². The van der Waals surface area contributed by atoms with Crippen molar-refractivity contribution in [1.29, 1.82) is 0 Å². The molecule has 176 valence electrons. The van der Waals surface area contributed by atoms with Gasteiger partial charge in [0, 0.05) is 25.0 Å². The first-order valence-corrected chi connectivity index (χ1v) is 10.9. The Labute approximate surface area is 195 Å². The molecular weight excluding hydrogens is 443 g/mol. The first kappa shape index (κ1) is 23.4. The van der Waals surface area contributed by atoms with Crippen molar-refractivity contribution in [1.82, 2.24) is 14.5 Å². The smallest absolute Gasteiger partial charge is 0.416 e. The lowest BCUT2D eigenvalue weighted by molar-refractivity contribution is -0.137. The molecule has 0 unspecified atom stereocenters. The van der Waals surface area contributed by atoms with E-state index in [1.54, 1.807) is 18.3 Å². The molecule has 0 saturated carbocycles. The quantitative estimate of drug-likeness (QED) is 0.245. The summed E-state index contributed by atoms with van der Waals surface area (Å²) in [6.07, 6.45) is 9.20. The number of unbranched alkanes of at least 4 members (excludes halogenated alkanes) is 1. The predicted octanol–water partition coefficient (Wildman–Crippen LogP) is 6.66. The molecule has 34 heavy (non-hydrogen) atoms. The highest BCUT2D eigenvalue weighted by molar-refractivity contribution is 5.66. The zero-order valence-corrected chi connectivity index (χ0v) is 18.4. The topological polar surface area (TPSA) is 53.1 Å². The Hall–Kier alpha value is -3.81. The standard InChI is InChI=1S/C26H24F3N3O2/c27-26(28,29)22-9-4-21(5-10-22)8-13-25-31-23(18-34-25)17-33-24-11-6-20(7-12-24)3-1-2-15-32-16-14-30-19-32/h4-14,16,18-19H,1-3,15,17H2/b13-8+. The zero-order valence-electron chi connectivity index (χ0n) is 18.4. The Morgan fingerprint density at radius 1 is 0.971 bits per heavy atom. The summed E-state index contributed by atoms with van der Waals surface area (Å²) in [7, 11) is 0. The lowest BCUT2D eigenvalue weighted by atomic mass is 10.1. The molecule has 0 bridgehead atoms. The van der Waals surface area contributed by atoms with Crippen LogP contribution in [-0.4, -0.2) is 14.5 Å². The Morgan fingerprint density at radius 3 is 2.47 bits per heavy atom. The average molecular weight is 467 g/mol. The van der Waals surface area contributed by atoms with Gasteiger partial charge in [0.05, 0.1) is 11.9 Å². The summed E-state index contributed by atoms with van der Waals surface area (Å²) in [5.74, 6) is 1.09. The van der Waals surface area contributed by atoms with Gasteiger partial charge in [-0.3, -0.25) is 0 Å². The van der Waals surface area contributed by atoms with E-state index < -0.39 is 11.7 Å². The highest BCUT2D eigenvalue weighted by Crippen LogP contribution is 2.29. The number of nitrogens with zero attached hydrogens (tertiary/aromatic N) is 3. The zero-order chi connectivity index (χ0) is 23.8. The number of ether oxygens (including phenoxy) is 1. The second-order valence-corrected chi connectivity index (χ2v) is 7.82. The third-order valence-electron chi connectivity index (χ3n) is 5.23. The van der Waals surface area contributed by atoms with E-state index in [1.165, 1.54) is 24.0 Å². The molecule has 0 aliphatic heterocycles. The van der Waals surface area contributed by atoms with Crippen molar-refractivity contribution in [2.45, 2.75) is 38.6 Å². The lowest BCUT2D eigenvalue weighted by Gasteiger charge is -2.06. The molecule has 0 atom stereocenters. The van der Waals surface area contributed by atoms with Gasteiger partial charge in [-0.25, -0.2) is 9.97 Å². The van der Waals surface area contributed by atoms with Crippen molar-refractivity contribution in [2.24, 2.45) is 0 Å². The maximum Gasteiger partial charge on any atom is 0.416 e. The first-order chi connectivity index (χ1) is 16.5. The minimum Gasteiger partial charge on any atom is -0.487 e. The summed E-state index contributed by atoms with van der Waals surface area (Å²) in [5, 5.41) is 0. The van der Waals surface area contributed by atoms with Crippen molar-refractivity contribution in [3.05, 3.63) is 102 Å². The van der Waals surface area contributed by atoms with E-state index in [2.05, 4.69) is 26.7 Å². The molecule has 2 heterocycles. The summed E-state index contributed by atoms with van der Waals surface area (Å²) in [4.78, 5) is 8.37. The van der Waals surface area contributed by atoms with Gasteiger partial charge < -0.3 is 13.7 Å². The lowest BCUT2D eigenvalue weighted by Crippen LogP contribution is -2.03. The monoisotopic (exact) mass is 467 g/mol. The van der Waals surface area contributed by atoms with E-state index in [4.69, 9.17) is 9.15 Å². The summed E-state index contributed by atoms with van der Waals surface area (Å²) in [6.45, 7) is 1.22. The van der Waals surface area contributed by atoms with Crippen LogP contribution >= 0.6 is 0 Å². The number of hydrogen-bond donors (Lipinski definition) is 0. The number of aromatic nitrogens is 3. The van der Waals surface area contributed by atoms with E-state index in [-0.39, 0.29) is 6.61 Å². The predicted molar refractivity (Wildman–Crippen MR) is 123 cm³/mol. The molecule has 0 spiro atoms. The molecule has 0 amide bonds. The highest BCUT2D eigenvalue weighted by Gasteiger charge is 2.29. The third-order valence-corrected chi connectivity index (χ3v) is 5.23. The van der Waals surface area contributed by atoms with Crippen molar-refractivity contribution in [2.75, 3.05) is 0 Å². The molecule has 8 heteroatoms. The summed E-state index contributed by atoms with van der Waals surface area (Å²) in [5.41, 5.74) is 1.82. The molecule has 4 aromatic rings. The van der Waals surface area contributed by atoms with E-state index >= 15 is 0 Å². The highest BCUT2D eigenvalue weighted by atomic mass is 19.4. The Bertz CT molecular complexity index is 1180. The number of benzene rings is 2. The number of hydrogen-bond acceptors (Lipinski definition) is 4. The molecule has 2 aromatic heterocycles. The molecule has 2 aromatic carbocycles. The minimum atomic E-state index is -4.35.